The Kier molecular flexibility index (Phi) is 5.06. The number of rotatable bonds is 5. The number of ether oxygens (including phenoxy) is 1. The summed E-state index contributed by atoms with van der Waals surface area (Å²) in [6, 6.07) is 8.35. The lowest BCUT2D eigenvalue weighted by Gasteiger charge is -2.12. The lowest BCUT2D eigenvalue weighted by Crippen LogP contribution is -2.27. The normalized spacial score (nSPS) is 10.1. The fourth-order valence-electron chi connectivity index (χ4n) is 1.64. The molecule has 7 heteroatoms. The smallest absolute Gasteiger partial charge is 0.272 e. The minimum atomic E-state index is -0.312. The second-order valence-electron chi connectivity index (χ2n) is 4.79. The number of benzene rings is 1. The van der Waals surface area contributed by atoms with E-state index in [1.165, 1.54) is 17.2 Å². The van der Waals surface area contributed by atoms with Crippen LogP contribution in [0.5, 0.6) is 5.75 Å². The van der Waals surface area contributed by atoms with E-state index in [1.54, 1.807) is 38.4 Å². The molecule has 0 unspecified atom stereocenters. The van der Waals surface area contributed by atoms with Gasteiger partial charge in [-0.15, -0.1) is 0 Å². The third-order valence-electron chi connectivity index (χ3n) is 2.85. The molecule has 0 aliphatic heterocycles. The predicted molar refractivity (Wildman–Crippen MR) is 84.4 cm³/mol. The van der Waals surface area contributed by atoms with Gasteiger partial charge in [-0.05, 0) is 18.2 Å². The van der Waals surface area contributed by atoms with Gasteiger partial charge in [-0.2, -0.15) is 0 Å². The molecule has 2 rings (SSSR count). The Morgan fingerprint density at radius 1 is 1.32 bits per heavy atom. The number of hydrogen-bond acceptors (Lipinski definition) is 3. The van der Waals surface area contributed by atoms with Gasteiger partial charge in [0.1, 0.15) is 11.4 Å². The highest BCUT2D eigenvalue weighted by atomic mass is 35.5. The van der Waals surface area contributed by atoms with Gasteiger partial charge in [0.15, 0.2) is 6.61 Å². The average Bonchev–Trinajstić information content (AvgIpc) is 2.91. The molecule has 22 heavy (non-hydrogen) atoms. The van der Waals surface area contributed by atoms with Gasteiger partial charge in [0.25, 0.3) is 11.8 Å². The van der Waals surface area contributed by atoms with Gasteiger partial charge in [0, 0.05) is 32.0 Å². The second-order valence-corrected chi connectivity index (χ2v) is 5.23. The highest BCUT2D eigenvalue weighted by molar-refractivity contribution is 6.31. The Balaban J connectivity index is 1.99. The third-order valence-corrected chi connectivity index (χ3v) is 3.06. The average molecular weight is 322 g/mol. The van der Waals surface area contributed by atoms with E-state index in [0.717, 1.165) is 0 Å². The molecule has 0 spiro atoms. The van der Waals surface area contributed by atoms with E-state index in [-0.39, 0.29) is 18.4 Å². The quantitative estimate of drug-likeness (QED) is 0.888. The molecular weight excluding hydrogens is 306 g/mol. The lowest BCUT2D eigenvalue weighted by atomic mass is 10.3. The number of hydrogen-bond donors (Lipinski definition) is 2. The van der Waals surface area contributed by atoms with Crippen molar-refractivity contribution in [2.24, 2.45) is 0 Å². The van der Waals surface area contributed by atoms with Crippen LogP contribution in [-0.2, 0) is 4.79 Å². The van der Waals surface area contributed by atoms with Crippen molar-refractivity contribution in [2.45, 2.75) is 0 Å². The van der Waals surface area contributed by atoms with Crippen LogP contribution in [0.1, 0.15) is 10.5 Å². The summed E-state index contributed by atoms with van der Waals surface area (Å²) in [5, 5.41) is 3.18. The summed E-state index contributed by atoms with van der Waals surface area (Å²) in [4.78, 5) is 27.7. The van der Waals surface area contributed by atoms with Crippen molar-refractivity contribution < 1.29 is 14.3 Å². The van der Waals surface area contributed by atoms with Crippen LogP contribution in [0.3, 0.4) is 0 Å². The van der Waals surface area contributed by atoms with Crippen LogP contribution in [0.25, 0.3) is 0 Å². The molecule has 1 aromatic carbocycles. The van der Waals surface area contributed by atoms with Crippen LogP contribution in [0.15, 0.2) is 36.5 Å². The van der Waals surface area contributed by atoms with Crippen LogP contribution in [0, 0.1) is 0 Å². The van der Waals surface area contributed by atoms with Crippen LogP contribution in [0.2, 0.25) is 5.02 Å². The van der Waals surface area contributed by atoms with Crippen molar-refractivity contribution in [1.29, 1.82) is 0 Å². The van der Waals surface area contributed by atoms with E-state index in [0.29, 0.717) is 22.2 Å². The van der Waals surface area contributed by atoms with Crippen molar-refractivity contribution in [2.75, 3.05) is 26.0 Å². The number of aromatic amines is 1. The number of H-pyrrole nitrogens is 1. The van der Waals surface area contributed by atoms with Gasteiger partial charge in [-0.25, -0.2) is 0 Å². The molecule has 116 valence electrons. The zero-order valence-corrected chi connectivity index (χ0v) is 13.0. The lowest BCUT2D eigenvalue weighted by molar-refractivity contribution is -0.130. The number of nitrogens with one attached hydrogen (secondary N) is 2. The van der Waals surface area contributed by atoms with Gasteiger partial charge >= 0.3 is 0 Å². The molecule has 0 fully saturated rings. The molecule has 2 amide bonds. The van der Waals surface area contributed by atoms with Crippen LogP contribution < -0.4 is 10.1 Å². The second kappa shape index (κ2) is 7.00. The van der Waals surface area contributed by atoms with Crippen molar-refractivity contribution in [1.82, 2.24) is 9.88 Å². The van der Waals surface area contributed by atoms with E-state index in [2.05, 4.69) is 10.3 Å². The number of aromatic nitrogens is 1. The maximum absolute atomic E-state index is 12.0. The molecule has 0 atom stereocenters. The predicted octanol–water partition coefficient (Wildman–Crippen LogP) is 2.39. The molecule has 1 heterocycles. The van der Waals surface area contributed by atoms with Gasteiger partial charge in [-0.1, -0.05) is 17.7 Å². The molecule has 6 nitrogen and oxygen atoms in total. The first-order valence-electron chi connectivity index (χ1n) is 6.54. The maximum atomic E-state index is 12.0. The highest BCUT2D eigenvalue weighted by Gasteiger charge is 2.09. The molecule has 0 aliphatic rings. The Morgan fingerprint density at radius 2 is 2.09 bits per heavy atom. The minimum Gasteiger partial charge on any atom is -0.484 e. The zero-order valence-electron chi connectivity index (χ0n) is 12.2. The summed E-state index contributed by atoms with van der Waals surface area (Å²) in [6.45, 7) is -0.0589. The van der Waals surface area contributed by atoms with E-state index in [4.69, 9.17) is 16.3 Å². The number of carbonyl (C=O) groups is 2. The summed E-state index contributed by atoms with van der Waals surface area (Å²) in [7, 11) is 3.31. The van der Waals surface area contributed by atoms with Gasteiger partial charge in [0.2, 0.25) is 0 Å². The van der Waals surface area contributed by atoms with Crippen LogP contribution in [-0.4, -0.2) is 42.4 Å². The first-order chi connectivity index (χ1) is 10.5. The Morgan fingerprint density at radius 3 is 2.73 bits per heavy atom. The number of anilines is 1. The fourth-order valence-corrected chi connectivity index (χ4v) is 1.80. The molecule has 0 saturated carbocycles. The number of amides is 2. The Labute approximate surface area is 133 Å². The van der Waals surface area contributed by atoms with Crippen LogP contribution in [0.4, 0.5) is 5.69 Å². The van der Waals surface area contributed by atoms with Gasteiger partial charge in [0.05, 0.1) is 5.02 Å². The molecule has 1 aromatic heterocycles. The summed E-state index contributed by atoms with van der Waals surface area (Å²) in [5.74, 6) is 0.0430. The first kappa shape index (κ1) is 15.9. The summed E-state index contributed by atoms with van der Waals surface area (Å²) in [5.41, 5.74) is 0.921. The minimum absolute atomic E-state index is 0.0589. The number of nitrogens with zero attached hydrogens (tertiary/aromatic N) is 1. The molecule has 0 aliphatic carbocycles. The summed E-state index contributed by atoms with van der Waals surface area (Å²) in [6.07, 6.45) is 1.53. The maximum Gasteiger partial charge on any atom is 0.272 e. The van der Waals surface area contributed by atoms with Crippen LogP contribution >= 0.6 is 11.6 Å². The topological polar surface area (TPSA) is 74.4 Å². The number of likely N-dealkylation sites (N-methyl/N-ethyl adjacent to an activating group) is 1. The zero-order chi connectivity index (χ0) is 16.1. The first-order valence-corrected chi connectivity index (χ1v) is 6.92. The largest absolute Gasteiger partial charge is 0.484 e. The molecule has 0 saturated heterocycles. The highest BCUT2D eigenvalue weighted by Crippen LogP contribution is 2.18. The van der Waals surface area contributed by atoms with E-state index in [9.17, 15) is 9.59 Å². The SMILES string of the molecule is CN(C)C(=O)COc1cccc(NC(=O)c2cc(Cl)c[nH]2)c1. The van der Waals surface area contributed by atoms with Crippen molar-refractivity contribution in [3.8, 4) is 5.75 Å². The van der Waals surface area contributed by atoms with E-state index >= 15 is 0 Å². The van der Waals surface area contributed by atoms with Gasteiger partial charge < -0.3 is 19.9 Å². The molecule has 2 aromatic rings. The van der Waals surface area contributed by atoms with E-state index in [1.807, 2.05) is 0 Å². The van der Waals surface area contributed by atoms with Gasteiger partial charge in [-0.3, -0.25) is 9.59 Å². The Hall–Kier alpha value is -2.47. The monoisotopic (exact) mass is 321 g/mol. The van der Waals surface area contributed by atoms with Crippen molar-refractivity contribution >= 4 is 29.1 Å². The van der Waals surface area contributed by atoms with E-state index < -0.39 is 0 Å². The Bertz CT molecular complexity index is 682. The standard InChI is InChI=1S/C15H16ClN3O3/c1-19(2)14(20)9-22-12-5-3-4-11(7-12)18-15(21)13-6-10(16)8-17-13/h3-8,17H,9H2,1-2H3,(H,18,21). The van der Waals surface area contributed by atoms with Crippen molar-refractivity contribution in [3.05, 3.63) is 47.2 Å². The summed E-state index contributed by atoms with van der Waals surface area (Å²) >= 11 is 5.76. The number of halogens is 1. The third kappa shape index (κ3) is 4.26. The molecule has 0 radical (unpaired) electrons. The van der Waals surface area contributed by atoms with Crippen molar-refractivity contribution in [3.63, 3.8) is 0 Å². The molecule has 0 bridgehead atoms. The fraction of sp³-hybridized carbons (Fsp3) is 0.200. The molecule has 2 N–H and O–H groups in total. The molecular formula is C15H16ClN3O3. The summed E-state index contributed by atoms with van der Waals surface area (Å²) < 4.78 is 5.39. The number of carbonyl (C=O) groups excluding carboxylic acids is 2.